The number of rotatable bonds is 6. The number of pyridine rings is 2. The van der Waals surface area contributed by atoms with Gasteiger partial charge in [0.15, 0.2) is 5.65 Å². The van der Waals surface area contributed by atoms with E-state index in [-0.39, 0.29) is 36.1 Å². The molecule has 1 saturated heterocycles. The van der Waals surface area contributed by atoms with Crippen molar-refractivity contribution in [1.29, 1.82) is 0 Å². The Morgan fingerprint density at radius 1 is 1.13 bits per heavy atom. The summed E-state index contributed by atoms with van der Waals surface area (Å²) in [6, 6.07) is 8.31. The van der Waals surface area contributed by atoms with Crippen molar-refractivity contribution in [2.75, 3.05) is 19.8 Å². The van der Waals surface area contributed by atoms with E-state index >= 15 is 0 Å². The van der Waals surface area contributed by atoms with Gasteiger partial charge in [0.25, 0.3) is 0 Å². The van der Waals surface area contributed by atoms with Crippen LogP contribution in [0.4, 0.5) is 13.2 Å². The lowest BCUT2D eigenvalue weighted by Crippen LogP contribution is -2.47. The molecule has 0 bridgehead atoms. The summed E-state index contributed by atoms with van der Waals surface area (Å²) in [5, 5.41) is 17.5. The van der Waals surface area contributed by atoms with Gasteiger partial charge in [-0.05, 0) is 80.1 Å². The van der Waals surface area contributed by atoms with E-state index in [0.717, 1.165) is 9.96 Å². The fraction of sp³-hybridized carbons (Fsp3) is 0.438. The van der Waals surface area contributed by atoms with Gasteiger partial charge in [-0.2, -0.15) is 17.5 Å². The van der Waals surface area contributed by atoms with Gasteiger partial charge >= 0.3 is 12.1 Å². The molecule has 0 amide bonds. The Labute approximate surface area is 269 Å². The summed E-state index contributed by atoms with van der Waals surface area (Å²) in [4.78, 5) is 17.0. The van der Waals surface area contributed by atoms with Crippen LogP contribution in [0.1, 0.15) is 65.4 Å². The average Bonchev–Trinajstić information content (AvgIpc) is 3.62. The minimum Gasteiger partial charge on any atom is -0.481 e. The van der Waals surface area contributed by atoms with Crippen LogP contribution in [0.25, 0.3) is 5.65 Å². The number of benzene rings is 1. The largest absolute Gasteiger partial charge is 0.481 e. The molecule has 1 unspecified atom stereocenters. The van der Waals surface area contributed by atoms with Crippen LogP contribution in [0, 0.1) is 26.2 Å². The summed E-state index contributed by atoms with van der Waals surface area (Å²) in [5.41, 5.74) is 0.931. The van der Waals surface area contributed by atoms with E-state index < -0.39 is 44.9 Å². The molecule has 2 aliphatic rings. The lowest BCUT2D eigenvalue weighted by molar-refractivity contribution is -0.147. The third-order valence-corrected chi connectivity index (χ3v) is 11.0. The van der Waals surface area contributed by atoms with Gasteiger partial charge < -0.3 is 14.6 Å². The van der Waals surface area contributed by atoms with Crippen molar-refractivity contribution in [3.05, 3.63) is 81.9 Å². The fourth-order valence-corrected chi connectivity index (χ4v) is 8.09. The number of nitrogens with zero attached hydrogens (tertiary/aromatic N) is 5. The van der Waals surface area contributed by atoms with E-state index in [4.69, 9.17) is 9.47 Å². The molecule has 6 rings (SSSR count). The topological polar surface area (TPSA) is 136 Å². The van der Waals surface area contributed by atoms with Crippen LogP contribution < -0.4 is 4.74 Å². The highest BCUT2D eigenvalue weighted by atomic mass is 32.2. The number of ether oxygens (including phenoxy) is 2. The second-order valence-electron chi connectivity index (χ2n) is 12.9. The standard InChI is InChI=1S/C32H34F3N5O6S/c1-18-12-24-27(36-14-18)46-31(9-11-45-17-31)16-39(47(24,43)44)15-22-13-21(7-6-19(22)2)25(30(4,5)29(41)42)23-8-10-40-26(20(23)3)37-38-28(40)32(33,34)35/h6-8,10,12-14,25H,9,11,15-17H2,1-5H3,(H,41,42)/t25?,31-/m0/s1. The number of sulfonamides is 1. The van der Waals surface area contributed by atoms with Crippen molar-refractivity contribution >= 4 is 21.6 Å². The highest BCUT2D eigenvalue weighted by molar-refractivity contribution is 7.89. The summed E-state index contributed by atoms with van der Waals surface area (Å²) in [6.45, 7) is 8.77. The zero-order valence-electron chi connectivity index (χ0n) is 26.4. The molecule has 3 aromatic heterocycles. The molecule has 2 aliphatic heterocycles. The van der Waals surface area contributed by atoms with E-state index in [1.807, 2.05) is 6.92 Å². The molecule has 11 nitrogen and oxygen atoms in total. The molecule has 250 valence electrons. The molecule has 4 aromatic rings. The summed E-state index contributed by atoms with van der Waals surface area (Å²) >= 11 is 0. The van der Waals surface area contributed by atoms with Crippen LogP contribution in [0.5, 0.6) is 5.88 Å². The number of carbonyl (C=O) groups is 1. The number of hydrogen-bond donors (Lipinski definition) is 1. The van der Waals surface area contributed by atoms with E-state index in [2.05, 4.69) is 15.2 Å². The number of hydrogen-bond acceptors (Lipinski definition) is 8. The second kappa shape index (κ2) is 11.3. The summed E-state index contributed by atoms with van der Waals surface area (Å²) in [7, 11) is -4.10. The highest BCUT2D eigenvalue weighted by Crippen LogP contribution is 2.44. The maximum absolute atomic E-state index is 14.2. The zero-order chi connectivity index (χ0) is 34.1. The van der Waals surface area contributed by atoms with E-state index in [1.54, 1.807) is 52.1 Å². The van der Waals surface area contributed by atoms with Crippen LogP contribution in [-0.4, -0.2) is 68.7 Å². The Bertz CT molecular complexity index is 2000. The van der Waals surface area contributed by atoms with Gasteiger partial charge in [0.2, 0.25) is 21.7 Å². The van der Waals surface area contributed by atoms with E-state index in [0.29, 0.717) is 40.8 Å². The molecule has 47 heavy (non-hydrogen) atoms. The monoisotopic (exact) mass is 673 g/mol. The molecule has 1 spiro atoms. The van der Waals surface area contributed by atoms with Crippen molar-refractivity contribution in [1.82, 2.24) is 23.9 Å². The molecule has 0 aliphatic carbocycles. The number of aliphatic carboxylic acids is 1. The first-order valence-electron chi connectivity index (χ1n) is 14.9. The number of alkyl halides is 3. The molecular weight excluding hydrogens is 639 g/mol. The molecule has 0 radical (unpaired) electrons. The van der Waals surface area contributed by atoms with Crippen LogP contribution in [-0.2, 0) is 32.3 Å². The number of carboxylic acid groups (broad SMARTS) is 1. The van der Waals surface area contributed by atoms with Gasteiger partial charge in [0.1, 0.15) is 10.5 Å². The van der Waals surface area contributed by atoms with Crippen LogP contribution >= 0.6 is 0 Å². The first-order valence-corrected chi connectivity index (χ1v) is 16.4. The number of aromatic nitrogens is 4. The van der Waals surface area contributed by atoms with E-state index in [1.165, 1.54) is 22.6 Å². The molecule has 5 heterocycles. The van der Waals surface area contributed by atoms with E-state index in [9.17, 15) is 31.5 Å². The molecule has 0 saturated carbocycles. The predicted octanol–water partition coefficient (Wildman–Crippen LogP) is 5.05. The lowest BCUT2D eigenvalue weighted by atomic mass is 9.70. The second-order valence-corrected chi connectivity index (χ2v) is 14.8. The Kier molecular flexibility index (Phi) is 7.88. The lowest BCUT2D eigenvalue weighted by Gasteiger charge is -2.33. The van der Waals surface area contributed by atoms with Crippen molar-refractivity contribution in [3.63, 3.8) is 0 Å². The Morgan fingerprint density at radius 2 is 1.87 bits per heavy atom. The smallest absolute Gasteiger partial charge is 0.452 e. The summed E-state index contributed by atoms with van der Waals surface area (Å²) in [5.74, 6) is -3.16. The van der Waals surface area contributed by atoms with Crippen molar-refractivity contribution in [3.8, 4) is 5.88 Å². The summed E-state index contributed by atoms with van der Waals surface area (Å²) < 4.78 is 83.2. The van der Waals surface area contributed by atoms with Crippen molar-refractivity contribution < 1.29 is 41.0 Å². The van der Waals surface area contributed by atoms with Gasteiger partial charge in [-0.1, -0.05) is 18.2 Å². The number of aryl methyl sites for hydroxylation is 3. The number of carboxylic acids is 1. The van der Waals surface area contributed by atoms with Gasteiger partial charge in [-0.25, -0.2) is 13.4 Å². The molecule has 2 atom stereocenters. The minimum atomic E-state index is -4.74. The quantitative estimate of drug-likeness (QED) is 0.298. The Balaban J connectivity index is 1.47. The van der Waals surface area contributed by atoms with Crippen LogP contribution in [0.15, 0.2) is 47.6 Å². The highest BCUT2D eigenvalue weighted by Gasteiger charge is 2.47. The molecular formula is C32H34F3N5O6S. The maximum atomic E-state index is 14.2. The summed E-state index contributed by atoms with van der Waals surface area (Å²) in [6.07, 6.45) is -1.53. The first kappa shape index (κ1) is 32.8. The third-order valence-electron chi connectivity index (χ3n) is 9.18. The van der Waals surface area contributed by atoms with Gasteiger partial charge in [-0.15, -0.1) is 10.2 Å². The van der Waals surface area contributed by atoms with Crippen molar-refractivity contribution in [2.45, 2.75) is 70.2 Å². The first-order chi connectivity index (χ1) is 21.9. The van der Waals surface area contributed by atoms with Gasteiger partial charge in [0.05, 0.1) is 25.2 Å². The molecule has 1 aromatic carbocycles. The molecule has 1 N–H and O–H groups in total. The van der Waals surface area contributed by atoms with Gasteiger partial charge in [0, 0.05) is 31.3 Å². The fourth-order valence-electron chi connectivity index (χ4n) is 6.45. The maximum Gasteiger partial charge on any atom is 0.452 e. The number of fused-ring (bicyclic) bond motifs is 2. The zero-order valence-corrected chi connectivity index (χ0v) is 27.2. The van der Waals surface area contributed by atoms with Gasteiger partial charge in [-0.3, -0.25) is 9.20 Å². The predicted molar refractivity (Wildman–Crippen MR) is 163 cm³/mol. The van der Waals surface area contributed by atoms with Crippen LogP contribution in [0.3, 0.4) is 0 Å². The average molecular weight is 674 g/mol. The minimum absolute atomic E-state index is 0.00263. The van der Waals surface area contributed by atoms with Crippen LogP contribution in [0.2, 0.25) is 0 Å². The molecule has 15 heteroatoms. The SMILES string of the molecule is Cc1cnc2c(c1)S(=O)(=O)N(Cc1cc(C(c3ccn4c(C(F)(F)F)nnc4c3C)C(C)(C)C(=O)O)ccc1C)C[C@]1(CCOC1)O2. The Hall–Kier alpha value is -4.08. The molecule has 1 fully saturated rings. The Morgan fingerprint density at radius 3 is 2.53 bits per heavy atom. The third kappa shape index (κ3) is 5.63. The number of halogens is 3. The van der Waals surface area contributed by atoms with Crippen molar-refractivity contribution in [2.24, 2.45) is 5.41 Å². The normalized spacial score (nSPS) is 20.6.